The molecular weight excluding hydrogens is 519 g/mol. The fraction of sp³-hybridized carbons (Fsp3) is 0.441. The van der Waals surface area contributed by atoms with Gasteiger partial charge in [0.2, 0.25) is 5.88 Å². The average Bonchev–Trinajstić information content (AvgIpc) is 3.09. The van der Waals surface area contributed by atoms with E-state index >= 15 is 0 Å². The number of nitrogens with zero attached hydrogens (tertiary/aromatic N) is 2. The molecule has 2 aromatic heterocycles. The SMILES string of the molecule is CC[C@H]1C[C@@H](/C=C/c2c(C(C)C)nc3c(c2-c2ccc(F)cc2)CCCc2nc(OC(C)=O)ccc2-3)OC(C)(C)O1. The van der Waals surface area contributed by atoms with Gasteiger partial charge in [-0.3, -0.25) is 9.78 Å². The molecule has 0 radical (unpaired) electrons. The molecule has 1 aromatic carbocycles. The Bertz CT molecular complexity index is 1460. The van der Waals surface area contributed by atoms with Gasteiger partial charge >= 0.3 is 5.97 Å². The zero-order valence-electron chi connectivity index (χ0n) is 24.8. The van der Waals surface area contributed by atoms with Gasteiger partial charge in [-0.15, -0.1) is 0 Å². The Labute approximate surface area is 242 Å². The summed E-state index contributed by atoms with van der Waals surface area (Å²) >= 11 is 0. The van der Waals surface area contributed by atoms with E-state index in [1.165, 1.54) is 19.1 Å². The van der Waals surface area contributed by atoms with Crippen molar-refractivity contribution in [3.05, 3.63) is 70.8 Å². The maximum atomic E-state index is 14.1. The molecule has 2 aliphatic rings. The van der Waals surface area contributed by atoms with Crippen molar-refractivity contribution in [3.63, 3.8) is 0 Å². The third-order valence-electron chi connectivity index (χ3n) is 7.65. The number of halogens is 1. The number of ether oxygens (including phenoxy) is 3. The molecule has 3 aromatic rings. The Morgan fingerprint density at radius 2 is 1.88 bits per heavy atom. The van der Waals surface area contributed by atoms with Crippen LogP contribution in [0.15, 0.2) is 42.5 Å². The number of aromatic nitrogens is 2. The molecule has 0 N–H and O–H groups in total. The van der Waals surface area contributed by atoms with Crippen molar-refractivity contribution in [1.82, 2.24) is 9.97 Å². The highest BCUT2D eigenvalue weighted by molar-refractivity contribution is 5.85. The van der Waals surface area contributed by atoms with E-state index < -0.39 is 11.8 Å². The Balaban J connectivity index is 1.70. The number of pyridine rings is 2. The van der Waals surface area contributed by atoms with E-state index in [1.807, 2.05) is 32.0 Å². The van der Waals surface area contributed by atoms with Gasteiger partial charge in [0.1, 0.15) is 5.82 Å². The predicted molar refractivity (Wildman–Crippen MR) is 158 cm³/mol. The van der Waals surface area contributed by atoms with E-state index in [-0.39, 0.29) is 23.9 Å². The van der Waals surface area contributed by atoms with Crippen molar-refractivity contribution in [1.29, 1.82) is 0 Å². The van der Waals surface area contributed by atoms with Gasteiger partial charge in [-0.05, 0) is 80.3 Å². The van der Waals surface area contributed by atoms with E-state index in [0.717, 1.165) is 77.0 Å². The summed E-state index contributed by atoms with van der Waals surface area (Å²) in [6.07, 6.45) is 8.37. The first-order valence-electron chi connectivity index (χ1n) is 14.6. The number of carbonyl (C=O) groups excluding carboxylic acids is 1. The largest absolute Gasteiger partial charge is 0.408 e. The zero-order chi connectivity index (χ0) is 29.3. The minimum absolute atomic E-state index is 0.104. The first-order valence-corrected chi connectivity index (χ1v) is 14.6. The summed E-state index contributed by atoms with van der Waals surface area (Å²) in [5, 5.41) is 0. The molecule has 6 nitrogen and oxygen atoms in total. The van der Waals surface area contributed by atoms with Gasteiger partial charge in [0, 0.05) is 30.5 Å². The summed E-state index contributed by atoms with van der Waals surface area (Å²) in [6, 6.07) is 10.4. The van der Waals surface area contributed by atoms with Gasteiger partial charge in [0.05, 0.1) is 29.3 Å². The zero-order valence-corrected chi connectivity index (χ0v) is 24.8. The van der Waals surface area contributed by atoms with Crippen LogP contribution in [0.3, 0.4) is 0 Å². The maximum Gasteiger partial charge on any atom is 0.309 e. The van der Waals surface area contributed by atoms with Gasteiger partial charge in [0.15, 0.2) is 5.79 Å². The first kappa shape index (κ1) is 29.1. The molecule has 0 saturated carbocycles. The Hall–Kier alpha value is -3.42. The molecule has 0 unspecified atom stereocenters. The Kier molecular flexibility index (Phi) is 8.39. The fourth-order valence-corrected chi connectivity index (χ4v) is 5.92. The summed E-state index contributed by atoms with van der Waals surface area (Å²) in [5.41, 5.74) is 7.78. The van der Waals surface area contributed by atoms with E-state index in [1.54, 1.807) is 6.07 Å². The number of rotatable bonds is 6. The summed E-state index contributed by atoms with van der Waals surface area (Å²) < 4.78 is 31.7. The predicted octanol–water partition coefficient (Wildman–Crippen LogP) is 7.82. The molecule has 216 valence electrons. The number of hydrogen-bond acceptors (Lipinski definition) is 6. The van der Waals surface area contributed by atoms with E-state index in [0.29, 0.717) is 5.88 Å². The van der Waals surface area contributed by atoms with Crippen LogP contribution >= 0.6 is 0 Å². The molecule has 0 amide bonds. The lowest BCUT2D eigenvalue weighted by Crippen LogP contribution is -2.43. The van der Waals surface area contributed by atoms with Crippen LogP contribution in [0, 0.1) is 5.82 Å². The monoisotopic (exact) mass is 558 g/mol. The Morgan fingerprint density at radius 1 is 1.12 bits per heavy atom. The number of aryl methyl sites for hydroxylation is 1. The molecule has 2 atom stereocenters. The highest BCUT2D eigenvalue weighted by Gasteiger charge is 2.34. The molecule has 0 bridgehead atoms. The second-order valence-electron chi connectivity index (χ2n) is 11.7. The summed E-state index contributed by atoms with van der Waals surface area (Å²) in [4.78, 5) is 21.5. The first-order chi connectivity index (χ1) is 19.5. The molecular formula is C34H39FN2O4. The summed E-state index contributed by atoms with van der Waals surface area (Å²) in [5.74, 6) is -0.918. The second-order valence-corrected chi connectivity index (χ2v) is 11.7. The second kappa shape index (κ2) is 11.8. The van der Waals surface area contributed by atoms with Crippen LogP contribution in [0.25, 0.3) is 28.5 Å². The number of esters is 1. The Morgan fingerprint density at radius 3 is 2.56 bits per heavy atom. The van der Waals surface area contributed by atoms with Crippen LogP contribution in [0.4, 0.5) is 4.39 Å². The molecule has 7 heteroatoms. The molecule has 1 aliphatic carbocycles. The van der Waals surface area contributed by atoms with Crippen molar-refractivity contribution in [2.75, 3.05) is 0 Å². The standard InChI is InChI=1S/C34H39FN2O4/c1-7-24-19-25(41-34(5,6)40-24)15-16-28-31(22-11-13-23(35)14-12-22)27-9-8-10-29-26(33(27)37-32(28)20(2)3)17-18-30(36-29)39-21(4)38/h11-18,20,24-25H,7-10,19H2,1-6H3/b16-15+/t24-,25+/m0/s1. The summed E-state index contributed by atoms with van der Waals surface area (Å²) in [6.45, 7) is 11.7. The van der Waals surface area contributed by atoms with E-state index in [4.69, 9.17) is 19.2 Å². The van der Waals surface area contributed by atoms with Crippen molar-refractivity contribution in [3.8, 4) is 28.3 Å². The molecule has 3 heterocycles. The van der Waals surface area contributed by atoms with Gasteiger partial charge in [-0.2, -0.15) is 0 Å². The van der Waals surface area contributed by atoms with Crippen LogP contribution in [-0.4, -0.2) is 33.9 Å². The lowest BCUT2D eigenvalue weighted by Gasteiger charge is -2.39. The highest BCUT2D eigenvalue weighted by Crippen LogP contribution is 2.42. The topological polar surface area (TPSA) is 70.5 Å². The number of benzene rings is 1. The smallest absolute Gasteiger partial charge is 0.309 e. The number of fused-ring (bicyclic) bond motifs is 3. The lowest BCUT2D eigenvalue weighted by molar-refractivity contribution is -0.290. The quantitative estimate of drug-likeness (QED) is 0.287. The molecule has 1 fully saturated rings. The fourth-order valence-electron chi connectivity index (χ4n) is 5.92. The van der Waals surface area contributed by atoms with E-state index in [2.05, 4.69) is 37.9 Å². The van der Waals surface area contributed by atoms with Crippen LogP contribution in [0.2, 0.25) is 0 Å². The number of hydrogen-bond donors (Lipinski definition) is 0. The van der Waals surface area contributed by atoms with Crippen LogP contribution in [0.5, 0.6) is 5.88 Å². The van der Waals surface area contributed by atoms with Crippen molar-refractivity contribution < 1.29 is 23.4 Å². The lowest BCUT2D eigenvalue weighted by atomic mass is 9.86. The average molecular weight is 559 g/mol. The maximum absolute atomic E-state index is 14.1. The summed E-state index contributed by atoms with van der Waals surface area (Å²) in [7, 11) is 0. The minimum Gasteiger partial charge on any atom is -0.408 e. The van der Waals surface area contributed by atoms with Crippen molar-refractivity contribution in [2.24, 2.45) is 0 Å². The van der Waals surface area contributed by atoms with Crippen LogP contribution in [-0.2, 0) is 27.1 Å². The van der Waals surface area contributed by atoms with Crippen molar-refractivity contribution in [2.45, 2.75) is 97.6 Å². The van der Waals surface area contributed by atoms with Crippen LogP contribution in [0.1, 0.15) is 89.2 Å². The van der Waals surface area contributed by atoms with Gasteiger partial charge in [-0.1, -0.05) is 45.1 Å². The number of carbonyl (C=O) groups is 1. The van der Waals surface area contributed by atoms with Gasteiger partial charge in [-0.25, -0.2) is 9.37 Å². The third kappa shape index (κ3) is 6.41. The van der Waals surface area contributed by atoms with E-state index in [9.17, 15) is 9.18 Å². The van der Waals surface area contributed by atoms with Gasteiger partial charge < -0.3 is 14.2 Å². The molecule has 1 aliphatic heterocycles. The molecule has 1 saturated heterocycles. The third-order valence-corrected chi connectivity index (χ3v) is 7.65. The van der Waals surface area contributed by atoms with Crippen molar-refractivity contribution >= 4 is 12.0 Å². The molecule has 41 heavy (non-hydrogen) atoms. The molecule has 5 rings (SSSR count). The van der Waals surface area contributed by atoms with Crippen LogP contribution < -0.4 is 4.74 Å². The van der Waals surface area contributed by atoms with Gasteiger partial charge in [0.25, 0.3) is 0 Å². The molecule has 0 spiro atoms. The highest BCUT2D eigenvalue weighted by atomic mass is 19.1. The minimum atomic E-state index is -0.664. The normalized spacial score (nSPS) is 20.0.